The molecule has 2 saturated carbocycles. The summed E-state index contributed by atoms with van der Waals surface area (Å²) in [5.74, 6) is -3.71. The molecule has 0 bridgehead atoms. The molecule has 2 aliphatic carbocycles. The number of carbonyl (C=O) groups excluding carboxylic acids is 7. The zero-order chi connectivity index (χ0) is 37.1. The van der Waals surface area contributed by atoms with Crippen molar-refractivity contribution in [1.29, 1.82) is 0 Å². The first-order valence-electron chi connectivity index (χ1n) is 17.6. The van der Waals surface area contributed by atoms with Gasteiger partial charge in [0.15, 0.2) is 0 Å². The van der Waals surface area contributed by atoms with Crippen molar-refractivity contribution in [2.24, 2.45) is 39.7 Å². The average molecular weight is 693 g/mol. The molecular weight excluding hydrogens is 640 g/mol. The van der Waals surface area contributed by atoms with Gasteiger partial charge in [0.2, 0.25) is 17.6 Å². The molecule has 4 aliphatic rings. The molecule has 1 aromatic carbocycles. The molecule has 7 amide bonds. The number of likely N-dealkylation sites (tertiary alicyclic amines) is 1. The maximum absolute atomic E-state index is 14.4. The molecule has 5 rings (SSSR count). The summed E-state index contributed by atoms with van der Waals surface area (Å²) in [6, 6.07) is 2.22. The maximum Gasteiger partial charge on any atom is 0.315 e. The first kappa shape index (κ1) is 37.0. The smallest absolute Gasteiger partial charge is 0.315 e. The van der Waals surface area contributed by atoms with Crippen molar-refractivity contribution in [3.05, 3.63) is 35.4 Å². The molecule has 2 aliphatic heterocycles. The monoisotopic (exact) mass is 692 g/mol. The van der Waals surface area contributed by atoms with Gasteiger partial charge < -0.3 is 26.6 Å². The van der Waals surface area contributed by atoms with Crippen molar-refractivity contribution in [2.45, 2.75) is 105 Å². The Morgan fingerprint density at radius 3 is 1.96 bits per heavy atom. The van der Waals surface area contributed by atoms with Gasteiger partial charge in [-0.25, -0.2) is 4.79 Å². The first-order valence-corrected chi connectivity index (χ1v) is 17.6. The number of primary amides is 1. The molecule has 6 atom stereocenters. The first-order chi connectivity index (χ1) is 23.1. The molecule has 0 aromatic heterocycles. The number of hydrogen-bond acceptors (Lipinski definition) is 7. The van der Waals surface area contributed by atoms with Crippen LogP contribution in [-0.2, 0) is 19.2 Å². The van der Waals surface area contributed by atoms with Gasteiger partial charge in [0.05, 0.1) is 29.8 Å². The van der Waals surface area contributed by atoms with Crippen molar-refractivity contribution in [1.82, 2.24) is 25.8 Å². The number of fused-ring (bicyclic) bond motifs is 2. The van der Waals surface area contributed by atoms with Crippen molar-refractivity contribution < 1.29 is 33.6 Å². The minimum absolute atomic E-state index is 0.0403. The minimum atomic E-state index is -1.11. The number of amides is 7. The summed E-state index contributed by atoms with van der Waals surface area (Å²) in [6.07, 6.45) is 3.14. The summed E-state index contributed by atoms with van der Waals surface area (Å²) in [7, 11) is 0. The summed E-state index contributed by atoms with van der Waals surface area (Å²) in [4.78, 5) is 95.6. The summed E-state index contributed by atoms with van der Waals surface area (Å²) in [6.45, 7) is 15.4. The molecule has 3 fully saturated rings. The molecule has 0 spiro atoms. The number of Topliss-reactive ketones (excluding diaryl/α,β-unsaturated/α-hetero) is 1. The number of nitrogens with one attached hydrogen (secondary N) is 3. The molecule has 1 unspecified atom stereocenters. The fourth-order valence-corrected chi connectivity index (χ4v) is 7.80. The molecule has 0 radical (unpaired) electrons. The van der Waals surface area contributed by atoms with Gasteiger partial charge in [-0.1, -0.05) is 86.8 Å². The Kier molecular flexibility index (Phi) is 9.70. The molecule has 1 saturated heterocycles. The van der Waals surface area contributed by atoms with E-state index in [2.05, 4.69) is 16.0 Å². The van der Waals surface area contributed by atoms with Crippen LogP contribution in [0, 0.1) is 34.0 Å². The van der Waals surface area contributed by atoms with Crippen molar-refractivity contribution in [3.63, 3.8) is 0 Å². The van der Waals surface area contributed by atoms with Gasteiger partial charge in [-0.15, -0.1) is 0 Å². The van der Waals surface area contributed by atoms with E-state index in [1.807, 2.05) is 55.4 Å². The standard InChI is InChI=1S/C37H52N6O7/c1-35(2,3)24(18-43-31(47)20-14-9-10-15-21(20)32(43)48)40-34(50)41-28(36(4,5)6)33(49)42-17-22-25(37(22,7)8)26(42)30(46)39-23(27(44)29(38)45)16-19-12-11-13-19/h9-10,14-15,19,22-26,28H,11-13,16-18H2,1-8H3,(H2,38,45)(H,39,46)(H2,40,41,50)/t22-,23?,24+,25-,26-,28+/m0/s1. The number of carbonyl (C=O) groups is 7. The van der Waals surface area contributed by atoms with E-state index in [9.17, 15) is 33.6 Å². The van der Waals surface area contributed by atoms with Gasteiger partial charge in [0.1, 0.15) is 12.1 Å². The lowest BCUT2D eigenvalue weighted by atomic mass is 9.80. The van der Waals surface area contributed by atoms with Crippen LogP contribution in [0.3, 0.4) is 0 Å². The highest BCUT2D eigenvalue weighted by molar-refractivity contribution is 6.37. The molecular formula is C37H52N6O7. The summed E-state index contributed by atoms with van der Waals surface area (Å²) < 4.78 is 0. The largest absolute Gasteiger partial charge is 0.363 e. The lowest BCUT2D eigenvalue weighted by Crippen LogP contribution is -2.63. The third kappa shape index (κ3) is 7.00. The van der Waals surface area contributed by atoms with Crippen LogP contribution in [0.1, 0.15) is 102 Å². The van der Waals surface area contributed by atoms with E-state index in [0.717, 1.165) is 24.2 Å². The predicted molar refractivity (Wildman–Crippen MR) is 184 cm³/mol. The Morgan fingerprint density at radius 1 is 0.900 bits per heavy atom. The van der Waals surface area contributed by atoms with E-state index in [1.54, 1.807) is 24.3 Å². The highest BCUT2D eigenvalue weighted by Gasteiger charge is 2.70. The number of rotatable bonds is 11. The van der Waals surface area contributed by atoms with Crippen LogP contribution in [0.4, 0.5) is 4.79 Å². The van der Waals surface area contributed by atoms with E-state index >= 15 is 0 Å². The second-order valence-electron chi connectivity index (χ2n) is 17.3. The van der Waals surface area contributed by atoms with E-state index in [4.69, 9.17) is 5.73 Å². The molecule has 13 nitrogen and oxygen atoms in total. The van der Waals surface area contributed by atoms with E-state index in [1.165, 1.54) is 4.90 Å². The summed E-state index contributed by atoms with van der Waals surface area (Å²) in [5, 5.41) is 8.55. The molecule has 1 aromatic rings. The quantitative estimate of drug-likeness (QED) is 0.203. The second-order valence-corrected chi connectivity index (χ2v) is 17.3. The molecule has 5 N–H and O–H groups in total. The SMILES string of the molecule is CC(C)(C)[C@H](NC(=O)N[C@H](CN1C(=O)c2ccccc2C1=O)C(C)(C)C)C(=O)N1C[C@H]2[C@@H]([C@H]1C(=O)NC(CC1CCC1)C(=O)C(N)=O)C2(C)C. The third-order valence-electron chi connectivity index (χ3n) is 11.4. The van der Waals surface area contributed by atoms with Gasteiger partial charge in [-0.3, -0.25) is 33.7 Å². The fourth-order valence-electron chi connectivity index (χ4n) is 7.80. The third-order valence-corrected chi connectivity index (χ3v) is 11.4. The van der Waals surface area contributed by atoms with E-state index in [0.29, 0.717) is 24.1 Å². The number of urea groups is 1. The number of nitrogens with two attached hydrogens (primary N) is 1. The van der Waals surface area contributed by atoms with Gasteiger partial charge in [-0.05, 0) is 52.6 Å². The molecule has 272 valence electrons. The lowest BCUT2D eigenvalue weighted by Gasteiger charge is -2.39. The van der Waals surface area contributed by atoms with Crippen molar-refractivity contribution in [3.8, 4) is 0 Å². The van der Waals surface area contributed by atoms with Crippen LogP contribution in [0.5, 0.6) is 0 Å². The Hall–Kier alpha value is -4.29. The Balaban J connectivity index is 1.33. The number of piperidine rings is 1. The zero-order valence-electron chi connectivity index (χ0n) is 30.4. The van der Waals surface area contributed by atoms with Gasteiger partial charge in [0.25, 0.3) is 17.7 Å². The van der Waals surface area contributed by atoms with E-state index < -0.39 is 76.3 Å². The van der Waals surface area contributed by atoms with E-state index in [-0.39, 0.29) is 29.7 Å². The van der Waals surface area contributed by atoms with Crippen LogP contribution in [0.25, 0.3) is 0 Å². The minimum Gasteiger partial charge on any atom is -0.363 e. The van der Waals surface area contributed by atoms with Crippen LogP contribution in [0.15, 0.2) is 24.3 Å². The Morgan fingerprint density at radius 2 is 1.48 bits per heavy atom. The van der Waals surface area contributed by atoms with Crippen LogP contribution in [0.2, 0.25) is 0 Å². The van der Waals surface area contributed by atoms with Crippen molar-refractivity contribution >= 4 is 41.4 Å². The maximum atomic E-state index is 14.4. The average Bonchev–Trinajstić information content (AvgIpc) is 3.27. The Labute approximate surface area is 293 Å². The zero-order valence-corrected chi connectivity index (χ0v) is 30.4. The number of nitrogens with zero attached hydrogens (tertiary/aromatic N) is 2. The topological polar surface area (TPSA) is 188 Å². The second kappa shape index (κ2) is 13.1. The van der Waals surface area contributed by atoms with Gasteiger partial charge in [0, 0.05) is 6.54 Å². The fraction of sp³-hybridized carbons (Fsp3) is 0.649. The molecule has 13 heteroatoms. The number of ketones is 1. The summed E-state index contributed by atoms with van der Waals surface area (Å²) >= 11 is 0. The normalized spacial score (nSPS) is 24.4. The summed E-state index contributed by atoms with van der Waals surface area (Å²) in [5.41, 5.74) is 4.38. The van der Waals surface area contributed by atoms with Gasteiger partial charge in [-0.2, -0.15) is 0 Å². The van der Waals surface area contributed by atoms with Gasteiger partial charge >= 0.3 is 6.03 Å². The highest BCUT2D eigenvalue weighted by Crippen LogP contribution is 2.65. The highest BCUT2D eigenvalue weighted by atomic mass is 16.2. The Bertz CT molecular complexity index is 1570. The number of imide groups is 1. The number of hydrogen-bond donors (Lipinski definition) is 4. The molecule has 2 heterocycles. The molecule has 50 heavy (non-hydrogen) atoms. The predicted octanol–water partition coefficient (Wildman–Crippen LogP) is 2.62. The van der Waals surface area contributed by atoms with Crippen LogP contribution < -0.4 is 21.7 Å². The van der Waals surface area contributed by atoms with Crippen molar-refractivity contribution in [2.75, 3.05) is 13.1 Å². The lowest BCUT2D eigenvalue weighted by molar-refractivity contribution is -0.145. The van der Waals surface area contributed by atoms with Crippen LogP contribution >= 0.6 is 0 Å². The number of benzene rings is 1. The van der Waals surface area contributed by atoms with Crippen LogP contribution in [-0.4, -0.2) is 88.4 Å².